The van der Waals surface area contributed by atoms with E-state index in [1.54, 1.807) is 17.4 Å². The molecular weight excluding hydrogens is 339 g/mol. The third-order valence-corrected chi connectivity index (χ3v) is 5.58. The van der Waals surface area contributed by atoms with Crippen molar-refractivity contribution in [2.45, 2.75) is 31.6 Å². The van der Waals surface area contributed by atoms with Gasteiger partial charge in [-0.15, -0.1) is 11.3 Å². The Labute approximate surface area is 130 Å². The Kier molecular flexibility index (Phi) is 4.03. The number of rotatable bonds is 3. The second-order valence-electron chi connectivity index (χ2n) is 5.12. The maximum Gasteiger partial charge on any atom is 0.144 e. The largest absolute Gasteiger partial charge is 0.299 e. The topological polar surface area (TPSA) is 17.1 Å². The Morgan fingerprint density at radius 3 is 3.10 bits per heavy atom. The molecule has 4 heteroatoms. The molecule has 1 aliphatic carbocycles. The fourth-order valence-corrected chi connectivity index (χ4v) is 4.18. The molecule has 0 saturated carbocycles. The number of carbonyl (C=O) groups excluding carboxylic acids is 1. The van der Waals surface area contributed by atoms with E-state index < -0.39 is 0 Å². The van der Waals surface area contributed by atoms with Crippen molar-refractivity contribution in [2.24, 2.45) is 0 Å². The molecule has 1 unspecified atom stereocenters. The lowest BCUT2D eigenvalue weighted by molar-refractivity contribution is -0.120. The van der Waals surface area contributed by atoms with Gasteiger partial charge in [0.25, 0.3) is 0 Å². The predicted octanol–water partition coefficient (Wildman–Crippen LogP) is 4.88. The average molecular weight is 353 g/mol. The van der Waals surface area contributed by atoms with Gasteiger partial charge in [0, 0.05) is 21.7 Å². The molecule has 1 aromatic carbocycles. The average Bonchev–Trinajstić information content (AvgIpc) is 2.91. The SMILES string of the molecule is O=C(Cc1cc(F)ccc1Br)C1CCCc2sccc21. The van der Waals surface area contributed by atoms with E-state index in [0.29, 0.717) is 0 Å². The molecule has 0 radical (unpaired) electrons. The van der Waals surface area contributed by atoms with Gasteiger partial charge in [-0.2, -0.15) is 0 Å². The van der Waals surface area contributed by atoms with Crippen LogP contribution in [0.5, 0.6) is 0 Å². The summed E-state index contributed by atoms with van der Waals surface area (Å²) in [4.78, 5) is 13.9. The fourth-order valence-electron chi connectivity index (χ4n) is 2.81. The smallest absolute Gasteiger partial charge is 0.144 e. The van der Waals surface area contributed by atoms with Crippen LogP contribution in [0.4, 0.5) is 4.39 Å². The van der Waals surface area contributed by atoms with Gasteiger partial charge in [-0.05, 0) is 60.0 Å². The van der Waals surface area contributed by atoms with Crippen LogP contribution in [0.15, 0.2) is 34.1 Å². The van der Waals surface area contributed by atoms with E-state index in [2.05, 4.69) is 27.4 Å². The molecule has 104 valence electrons. The van der Waals surface area contributed by atoms with Crippen molar-refractivity contribution in [1.29, 1.82) is 0 Å². The molecular formula is C16H14BrFOS. The first kappa shape index (κ1) is 14.0. The number of ketones is 1. The Balaban J connectivity index is 1.83. The van der Waals surface area contributed by atoms with E-state index >= 15 is 0 Å². The highest BCUT2D eigenvalue weighted by Crippen LogP contribution is 2.36. The molecule has 0 fully saturated rings. The van der Waals surface area contributed by atoms with Crippen LogP contribution >= 0.6 is 27.3 Å². The van der Waals surface area contributed by atoms with Crippen molar-refractivity contribution in [2.75, 3.05) is 0 Å². The van der Waals surface area contributed by atoms with E-state index in [9.17, 15) is 9.18 Å². The number of carbonyl (C=O) groups is 1. The Morgan fingerprint density at radius 1 is 1.40 bits per heavy atom. The molecule has 1 nitrogen and oxygen atoms in total. The fraction of sp³-hybridized carbons (Fsp3) is 0.312. The summed E-state index contributed by atoms with van der Waals surface area (Å²) < 4.78 is 14.1. The monoisotopic (exact) mass is 352 g/mol. The van der Waals surface area contributed by atoms with Crippen LogP contribution in [0.2, 0.25) is 0 Å². The molecule has 2 aromatic rings. The van der Waals surface area contributed by atoms with Crippen molar-refractivity contribution in [3.8, 4) is 0 Å². The first-order chi connectivity index (χ1) is 9.65. The Bertz CT molecular complexity index is 650. The normalized spacial score (nSPS) is 17.8. The van der Waals surface area contributed by atoms with Crippen LogP contribution < -0.4 is 0 Å². The number of thiophene rings is 1. The lowest BCUT2D eigenvalue weighted by Crippen LogP contribution is -2.19. The quantitative estimate of drug-likeness (QED) is 0.769. The molecule has 0 saturated heterocycles. The van der Waals surface area contributed by atoms with Gasteiger partial charge in [0.05, 0.1) is 0 Å². The zero-order valence-corrected chi connectivity index (χ0v) is 13.3. The highest BCUT2D eigenvalue weighted by molar-refractivity contribution is 9.10. The number of hydrogen-bond donors (Lipinski definition) is 0. The maximum atomic E-state index is 13.3. The summed E-state index contributed by atoms with van der Waals surface area (Å²) in [5.41, 5.74) is 1.93. The summed E-state index contributed by atoms with van der Waals surface area (Å²) in [5.74, 6) is -0.119. The van der Waals surface area contributed by atoms with Crippen LogP contribution in [0.1, 0.15) is 34.8 Å². The third-order valence-electron chi connectivity index (χ3n) is 3.81. The minimum atomic E-state index is -0.295. The van der Waals surface area contributed by atoms with Crippen LogP contribution in [-0.4, -0.2) is 5.78 Å². The highest BCUT2D eigenvalue weighted by Gasteiger charge is 2.27. The van der Waals surface area contributed by atoms with Gasteiger partial charge >= 0.3 is 0 Å². The minimum absolute atomic E-state index is 0.0137. The van der Waals surface area contributed by atoms with Gasteiger partial charge in [0.15, 0.2) is 0 Å². The van der Waals surface area contributed by atoms with E-state index in [0.717, 1.165) is 29.3 Å². The molecule has 0 aliphatic heterocycles. The molecule has 3 rings (SSSR count). The molecule has 1 aromatic heterocycles. The molecule has 1 atom stereocenters. The zero-order chi connectivity index (χ0) is 14.1. The first-order valence-corrected chi connectivity index (χ1v) is 8.35. The molecule has 1 heterocycles. The summed E-state index contributed by atoms with van der Waals surface area (Å²) in [7, 11) is 0. The van der Waals surface area contributed by atoms with Crippen molar-refractivity contribution >= 4 is 33.0 Å². The molecule has 0 spiro atoms. The van der Waals surface area contributed by atoms with E-state index in [1.807, 2.05) is 0 Å². The Morgan fingerprint density at radius 2 is 2.25 bits per heavy atom. The van der Waals surface area contributed by atoms with Crippen molar-refractivity contribution in [3.05, 3.63) is 55.9 Å². The zero-order valence-electron chi connectivity index (χ0n) is 10.9. The van der Waals surface area contributed by atoms with Crippen LogP contribution in [0, 0.1) is 5.82 Å². The summed E-state index contributed by atoms with van der Waals surface area (Å²) in [5, 5.41) is 2.06. The lowest BCUT2D eigenvalue weighted by Gasteiger charge is -2.21. The molecule has 0 amide bonds. The van der Waals surface area contributed by atoms with Gasteiger partial charge in [0.1, 0.15) is 11.6 Å². The number of benzene rings is 1. The summed E-state index contributed by atoms with van der Waals surface area (Å²) in [6.45, 7) is 0. The highest BCUT2D eigenvalue weighted by atomic mass is 79.9. The van der Waals surface area contributed by atoms with Crippen molar-refractivity contribution in [1.82, 2.24) is 0 Å². The van der Waals surface area contributed by atoms with E-state index in [4.69, 9.17) is 0 Å². The van der Waals surface area contributed by atoms with Gasteiger partial charge in [0.2, 0.25) is 0 Å². The third kappa shape index (κ3) is 2.72. The number of hydrogen-bond acceptors (Lipinski definition) is 2. The van der Waals surface area contributed by atoms with Gasteiger partial charge in [-0.3, -0.25) is 4.79 Å². The summed E-state index contributed by atoms with van der Waals surface area (Å²) in [6.07, 6.45) is 3.35. The van der Waals surface area contributed by atoms with E-state index in [1.165, 1.54) is 22.6 Å². The molecule has 20 heavy (non-hydrogen) atoms. The summed E-state index contributed by atoms with van der Waals surface area (Å²) >= 11 is 5.13. The Hall–Kier alpha value is -1.00. The van der Waals surface area contributed by atoms with Crippen LogP contribution in [0.25, 0.3) is 0 Å². The molecule has 1 aliphatic rings. The second kappa shape index (κ2) is 5.78. The molecule has 0 N–H and O–H groups in total. The van der Waals surface area contributed by atoms with Gasteiger partial charge < -0.3 is 0 Å². The maximum absolute atomic E-state index is 13.3. The van der Waals surface area contributed by atoms with Crippen molar-refractivity contribution < 1.29 is 9.18 Å². The minimum Gasteiger partial charge on any atom is -0.299 e. The number of halogens is 2. The standard InChI is InChI=1S/C16H14BrFOS/c17-14-5-4-11(18)8-10(14)9-15(19)12-2-1-3-16-13(12)6-7-20-16/h4-8,12H,1-3,9H2. The van der Waals surface area contributed by atoms with Crippen LogP contribution in [-0.2, 0) is 17.6 Å². The molecule has 0 bridgehead atoms. The first-order valence-electron chi connectivity index (χ1n) is 6.68. The number of Topliss-reactive ketones (excluding diaryl/α,β-unsaturated/α-hetero) is 1. The number of aryl methyl sites for hydroxylation is 1. The predicted molar refractivity (Wildman–Crippen MR) is 82.8 cm³/mol. The number of fused-ring (bicyclic) bond motifs is 1. The van der Waals surface area contributed by atoms with E-state index in [-0.39, 0.29) is 23.9 Å². The van der Waals surface area contributed by atoms with Crippen molar-refractivity contribution in [3.63, 3.8) is 0 Å². The second-order valence-corrected chi connectivity index (χ2v) is 6.98. The lowest BCUT2D eigenvalue weighted by atomic mass is 9.83. The van der Waals surface area contributed by atoms with Gasteiger partial charge in [-0.1, -0.05) is 15.9 Å². The van der Waals surface area contributed by atoms with Gasteiger partial charge in [-0.25, -0.2) is 4.39 Å². The van der Waals surface area contributed by atoms with Crippen LogP contribution in [0.3, 0.4) is 0 Å². The summed E-state index contributed by atoms with van der Waals surface area (Å²) in [6, 6.07) is 6.58.